The highest BCUT2D eigenvalue weighted by molar-refractivity contribution is 7.99. The van der Waals surface area contributed by atoms with Crippen LogP contribution in [-0.2, 0) is 16.1 Å². The molecule has 0 radical (unpaired) electrons. The lowest BCUT2D eigenvalue weighted by atomic mass is 10.2. The summed E-state index contributed by atoms with van der Waals surface area (Å²) in [6.45, 7) is 6.03. The van der Waals surface area contributed by atoms with Crippen LogP contribution in [0.3, 0.4) is 0 Å². The minimum Gasteiger partial charge on any atom is -0.459 e. The van der Waals surface area contributed by atoms with Gasteiger partial charge in [0.1, 0.15) is 5.60 Å². The number of ether oxygens (including phenoxy) is 1. The lowest BCUT2D eigenvalue weighted by molar-refractivity contribution is -0.151. The summed E-state index contributed by atoms with van der Waals surface area (Å²) >= 11 is 1.36. The number of hydrogen-bond acceptors (Lipinski definition) is 5. The highest BCUT2D eigenvalue weighted by atomic mass is 32.2. The standard InChI is InChI=1S/C12H18N2O2S/c1-12(2,3)16-11(15)8-17-10-5-4-9(6-13)7-14-10/h4-5,7H,6,8,13H2,1-3H3. The van der Waals surface area contributed by atoms with Gasteiger partial charge < -0.3 is 10.5 Å². The van der Waals surface area contributed by atoms with E-state index in [1.807, 2.05) is 32.9 Å². The van der Waals surface area contributed by atoms with Crippen molar-refractivity contribution < 1.29 is 9.53 Å². The Labute approximate surface area is 106 Å². The third-order valence-corrected chi connectivity index (χ3v) is 2.71. The molecule has 0 unspecified atom stereocenters. The number of thioether (sulfide) groups is 1. The van der Waals surface area contributed by atoms with Crippen molar-refractivity contribution in [3.63, 3.8) is 0 Å². The van der Waals surface area contributed by atoms with Gasteiger partial charge in [-0.15, -0.1) is 0 Å². The molecule has 94 valence electrons. The first-order valence-electron chi connectivity index (χ1n) is 5.40. The molecular formula is C12H18N2O2S. The average molecular weight is 254 g/mol. The Hall–Kier alpha value is -1.07. The van der Waals surface area contributed by atoms with Gasteiger partial charge in [-0.1, -0.05) is 17.8 Å². The second-order valence-electron chi connectivity index (χ2n) is 4.58. The first-order valence-corrected chi connectivity index (χ1v) is 6.39. The van der Waals surface area contributed by atoms with Gasteiger partial charge in [0.05, 0.1) is 10.8 Å². The molecule has 0 aliphatic carbocycles. The zero-order valence-electron chi connectivity index (χ0n) is 10.4. The number of esters is 1. The number of aromatic nitrogens is 1. The molecule has 0 saturated heterocycles. The summed E-state index contributed by atoms with van der Waals surface area (Å²) < 4.78 is 5.20. The van der Waals surface area contributed by atoms with Crippen LogP contribution in [0.4, 0.5) is 0 Å². The number of nitrogens with zero attached hydrogens (tertiary/aromatic N) is 1. The molecule has 1 rings (SSSR count). The van der Waals surface area contributed by atoms with E-state index in [0.717, 1.165) is 10.6 Å². The van der Waals surface area contributed by atoms with Gasteiger partial charge in [0.15, 0.2) is 0 Å². The van der Waals surface area contributed by atoms with E-state index in [2.05, 4.69) is 4.98 Å². The molecule has 0 fully saturated rings. The fourth-order valence-electron chi connectivity index (χ4n) is 1.12. The Morgan fingerprint density at radius 2 is 2.18 bits per heavy atom. The molecule has 0 aliphatic rings. The van der Waals surface area contributed by atoms with Crippen LogP contribution in [0, 0.1) is 0 Å². The van der Waals surface area contributed by atoms with Gasteiger partial charge in [0, 0.05) is 12.7 Å². The van der Waals surface area contributed by atoms with Crippen LogP contribution in [-0.4, -0.2) is 22.3 Å². The molecule has 0 amide bonds. The van der Waals surface area contributed by atoms with Crippen LogP contribution in [0.5, 0.6) is 0 Å². The summed E-state index contributed by atoms with van der Waals surface area (Å²) in [7, 11) is 0. The molecule has 2 N–H and O–H groups in total. The summed E-state index contributed by atoms with van der Waals surface area (Å²) in [4.78, 5) is 15.7. The fourth-order valence-corrected chi connectivity index (χ4v) is 1.74. The van der Waals surface area contributed by atoms with Gasteiger partial charge in [-0.25, -0.2) is 4.98 Å². The third kappa shape index (κ3) is 5.70. The zero-order valence-corrected chi connectivity index (χ0v) is 11.2. The molecule has 0 saturated carbocycles. The van der Waals surface area contributed by atoms with E-state index < -0.39 is 5.60 Å². The molecular weight excluding hydrogens is 236 g/mol. The maximum absolute atomic E-state index is 11.5. The Kier molecular flexibility index (Phi) is 4.96. The number of carbonyl (C=O) groups is 1. The van der Waals surface area contributed by atoms with Crippen LogP contribution in [0.15, 0.2) is 23.4 Å². The normalized spacial score (nSPS) is 11.3. The Morgan fingerprint density at radius 1 is 1.47 bits per heavy atom. The van der Waals surface area contributed by atoms with Gasteiger partial charge in [-0.05, 0) is 32.4 Å². The van der Waals surface area contributed by atoms with Gasteiger partial charge in [0.2, 0.25) is 0 Å². The summed E-state index contributed by atoms with van der Waals surface area (Å²) in [5, 5.41) is 0.799. The van der Waals surface area contributed by atoms with Crippen LogP contribution in [0.25, 0.3) is 0 Å². The van der Waals surface area contributed by atoms with Crippen molar-refractivity contribution in [1.29, 1.82) is 0 Å². The third-order valence-electron chi connectivity index (χ3n) is 1.79. The fraction of sp³-hybridized carbons (Fsp3) is 0.500. The SMILES string of the molecule is CC(C)(C)OC(=O)CSc1ccc(CN)cn1. The van der Waals surface area contributed by atoms with Crippen LogP contribution < -0.4 is 5.73 Å². The smallest absolute Gasteiger partial charge is 0.316 e. The number of nitrogens with two attached hydrogens (primary N) is 1. The van der Waals surface area contributed by atoms with Crippen molar-refractivity contribution in [1.82, 2.24) is 4.98 Å². The maximum atomic E-state index is 11.5. The summed E-state index contributed by atoms with van der Waals surface area (Å²) in [6.07, 6.45) is 1.72. The van der Waals surface area contributed by atoms with Crippen LogP contribution in [0.2, 0.25) is 0 Å². The van der Waals surface area contributed by atoms with E-state index in [4.69, 9.17) is 10.5 Å². The van der Waals surface area contributed by atoms with Crippen molar-refractivity contribution >= 4 is 17.7 Å². The van der Waals surface area contributed by atoms with Crippen LogP contribution >= 0.6 is 11.8 Å². The van der Waals surface area contributed by atoms with Crippen molar-refractivity contribution in [2.45, 2.75) is 37.9 Å². The van der Waals surface area contributed by atoms with E-state index in [-0.39, 0.29) is 11.7 Å². The second-order valence-corrected chi connectivity index (χ2v) is 5.58. The predicted molar refractivity (Wildman–Crippen MR) is 68.7 cm³/mol. The number of hydrogen-bond donors (Lipinski definition) is 1. The maximum Gasteiger partial charge on any atom is 0.316 e. The minimum absolute atomic E-state index is 0.229. The zero-order chi connectivity index (χ0) is 12.9. The molecule has 1 aromatic heterocycles. The highest BCUT2D eigenvalue weighted by Gasteiger charge is 2.16. The molecule has 0 atom stereocenters. The highest BCUT2D eigenvalue weighted by Crippen LogP contribution is 2.17. The quantitative estimate of drug-likeness (QED) is 0.657. The molecule has 1 aromatic rings. The van der Waals surface area contributed by atoms with Crippen LogP contribution in [0.1, 0.15) is 26.3 Å². The van der Waals surface area contributed by atoms with E-state index in [1.54, 1.807) is 6.20 Å². The monoisotopic (exact) mass is 254 g/mol. The van der Waals surface area contributed by atoms with E-state index in [1.165, 1.54) is 11.8 Å². The van der Waals surface area contributed by atoms with Crippen molar-refractivity contribution in [2.24, 2.45) is 5.73 Å². The first kappa shape index (κ1) is 14.0. The summed E-state index contributed by atoms with van der Waals surface area (Å²) in [6, 6.07) is 3.77. The van der Waals surface area contributed by atoms with Gasteiger partial charge >= 0.3 is 5.97 Å². The van der Waals surface area contributed by atoms with E-state index >= 15 is 0 Å². The molecule has 4 nitrogen and oxygen atoms in total. The van der Waals surface area contributed by atoms with Crippen molar-refractivity contribution in [3.8, 4) is 0 Å². The average Bonchev–Trinajstić information content (AvgIpc) is 2.25. The van der Waals surface area contributed by atoms with Crippen molar-refractivity contribution in [2.75, 3.05) is 5.75 Å². The van der Waals surface area contributed by atoms with E-state index in [0.29, 0.717) is 6.54 Å². The molecule has 1 heterocycles. The van der Waals surface area contributed by atoms with Gasteiger partial charge in [-0.2, -0.15) is 0 Å². The molecule has 0 spiro atoms. The number of pyridine rings is 1. The Morgan fingerprint density at radius 3 is 2.65 bits per heavy atom. The predicted octanol–water partition coefficient (Wildman–Crippen LogP) is 1.97. The lowest BCUT2D eigenvalue weighted by Gasteiger charge is -2.19. The number of carbonyl (C=O) groups excluding carboxylic acids is 1. The summed E-state index contributed by atoms with van der Waals surface area (Å²) in [5.41, 5.74) is 6.01. The molecule has 5 heteroatoms. The van der Waals surface area contributed by atoms with Gasteiger partial charge in [-0.3, -0.25) is 4.79 Å². The first-order chi connectivity index (χ1) is 7.90. The Bertz CT molecular complexity index is 371. The molecule has 17 heavy (non-hydrogen) atoms. The van der Waals surface area contributed by atoms with E-state index in [9.17, 15) is 4.79 Å². The Balaban J connectivity index is 2.42. The number of rotatable bonds is 4. The molecule has 0 bridgehead atoms. The summed E-state index contributed by atoms with van der Waals surface area (Å²) in [5.74, 6) is 0.0406. The van der Waals surface area contributed by atoms with Gasteiger partial charge in [0.25, 0.3) is 0 Å². The largest absolute Gasteiger partial charge is 0.459 e. The second kappa shape index (κ2) is 6.02. The molecule has 0 aliphatic heterocycles. The molecule has 0 aromatic carbocycles. The van der Waals surface area contributed by atoms with Crippen molar-refractivity contribution in [3.05, 3.63) is 23.9 Å². The lowest BCUT2D eigenvalue weighted by Crippen LogP contribution is -2.24. The minimum atomic E-state index is -0.436. The topological polar surface area (TPSA) is 65.2 Å².